The summed E-state index contributed by atoms with van der Waals surface area (Å²) in [6.07, 6.45) is 1.64. The molecule has 30 heavy (non-hydrogen) atoms. The number of ether oxygens (including phenoxy) is 1. The molecule has 0 radical (unpaired) electrons. The van der Waals surface area contributed by atoms with Gasteiger partial charge in [-0.15, -0.1) is 0 Å². The van der Waals surface area contributed by atoms with Gasteiger partial charge in [0.2, 0.25) is 0 Å². The van der Waals surface area contributed by atoms with Gasteiger partial charge in [0.05, 0.1) is 10.6 Å². The highest BCUT2D eigenvalue weighted by Gasteiger charge is 2.38. The van der Waals surface area contributed by atoms with Crippen LogP contribution in [-0.2, 0) is 0 Å². The van der Waals surface area contributed by atoms with E-state index < -0.39 is 5.82 Å². The van der Waals surface area contributed by atoms with Gasteiger partial charge in [0.15, 0.2) is 0 Å². The summed E-state index contributed by atoms with van der Waals surface area (Å²) >= 11 is 6.31. The topological polar surface area (TPSA) is 74.1 Å². The zero-order chi connectivity index (χ0) is 22.1. The molecule has 1 heterocycles. The molecule has 158 valence electrons. The summed E-state index contributed by atoms with van der Waals surface area (Å²) in [5.74, 6) is -0.264. The molecule has 0 bridgehead atoms. The third kappa shape index (κ3) is 5.29. The number of nitrogens with one attached hydrogen (secondary N) is 2. The van der Waals surface area contributed by atoms with Crippen molar-refractivity contribution in [3.8, 4) is 17.6 Å². The van der Waals surface area contributed by atoms with Gasteiger partial charge >= 0.3 is 0 Å². The van der Waals surface area contributed by atoms with Crippen molar-refractivity contribution in [2.75, 3.05) is 0 Å². The van der Waals surface area contributed by atoms with Gasteiger partial charge in [-0.2, -0.15) is 5.26 Å². The molecule has 2 aromatic carbocycles. The van der Waals surface area contributed by atoms with E-state index in [1.54, 1.807) is 12.1 Å². The Balaban J connectivity index is 1.74. The number of halogens is 2. The van der Waals surface area contributed by atoms with Crippen LogP contribution >= 0.6 is 11.6 Å². The van der Waals surface area contributed by atoms with Gasteiger partial charge in [-0.1, -0.05) is 11.6 Å². The lowest BCUT2D eigenvalue weighted by molar-refractivity contribution is 0.0873. The lowest BCUT2D eigenvalue weighted by atomic mass is 9.79. The number of rotatable bonds is 4. The molecular formula is C23H25ClFN3O2. The van der Waals surface area contributed by atoms with Crippen LogP contribution in [0.5, 0.6) is 11.5 Å². The number of nitriles is 1. The molecule has 5 nitrogen and oxygen atoms in total. The number of amides is 1. The van der Waals surface area contributed by atoms with Gasteiger partial charge in [-0.05, 0) is 76.9 Å². The fourth-order valence-corrected chi connectivity index (χ4v) is 4.43. The van der Waals surface area contributed by atoms with Crippen molar-refractivity contribution in [2.45, 2.75) is 57.7 Å². The maximum Gasteiger partial charge on any atom is 0.251 e. The highest BCUT2D eigenvalue weighted by molar-refractivity contribution is 6.32. The van der Waals surface area contributed by atoms with E-state index in [9.17, 15) is 9.18 Å². The summed E-state index contributed by atoms with van der Waals surface area (Å²) in [6, 6.07) is 10.3. The molecule has 1 aliphatic rings. The minimum absolute atomic E-state index is 0.0378. The average molecular weight is 430 g/mol. The van der Waals surface area contributed by atoms with Crippen molar-refractivity contribution in [3.05, 3.63) is 58.4 Å². The summed E-state index contributed by atoms with van der Waals surface area (Å²) in [5.41, 5.74) is 0.316. The van der Waals surface area contributed by atoms with E-state index in [1.807, 2.05) is 6.07 Å². The number of hydrogen-bond donors (Lipinski definition) is 2. The standard InChI is InChI=1S/C23H25ClFN3O2/c1-22(2)11-17(12-23(3,4)28-22)27-21(29)14-5-7-20(18(24)10-14)30-19-8-6-16(25)9-15(19)13-26/h5-10,17,28H,11-12H2,1-4H3,(H,27,29). The van der Waals surface area contributed by atoms with E-state index in [0.29, 0.717) is 5.56 Å². The quantitative estimate of drug-likeness (QED) is 0.702. The van der Waals surface area contributed by atoms with Crippen LogP contribution in [0.1, 0.15) is 56.5 Å². The molecule has 7 heteroatoms. The maximum atomic E-state index is 13.3. The van der Waals surface area contributed by atoms with Crippen molar-refractivity contribution >= 4 is 17.5 Å². The number of carbonyl (C=O) groups is 1. The average Bonchev–Trinajstić information content (AvgIpc) is 2.61. The molecule has 2 aromatic rings. The molecule has 1 amide bonds. The number of carbonyl (C=O) groups excluding carboxylic acids is 1. The van der Waals surface area contributed by atoms with Crippen molar-refractivity contribution in [1.82, 2.24) is 10.6 Å². The van der Waals surface area contributed by atoms with Gasteiger partial charge < -0.3 is 15.4 Å². The van der Waals surface area contributed by atoms with Crippen molar-refractivity contribution in [1.29, 1.82) is 5.26 Å². The van der Waals surface area contributed by atoms with Crippen molar-refractivity contribution < 1.29 is 13.9 Å². The van der Waals surface area contributed by atoms with Crippen molar-refractivity contribution in [3.63, 3.8) is 0 Å². The minimum atomic E-state index is -0.527. The molecule has 0 spiro atoms. The first-order valence-electron chi connectivity index (χ1n) is 9.75. The largest absolute Gasteiger partial charge is 0.454 e. The Morgan fingerprint density at radius 2 is 1.80 bits per heavy atom. The molecule has 1 fully saturated rings. The molecule has 0 aromatic heterocycles. The smallest absolute Gasteiger partial charge is 0.251 e. The summed E-state index contributed by atoms with van der Waals surface area (Å²) in [5, 5.41) is 16.1. The Morgan fingerprint density at radius 3 is 2.40 bits per heavy atom. The van der Waals surface area contributed by atoms with Gasteiger partial charge in [-0.3, -0.25) is 4.79 Å². The zero-order valence-electron chi connectivity index (χ0n) is 17.5. The maximum absolute atomic E-state index is 13.3. The van der Waals surface area contributed by atoms with Gasteiger partial charge in [0, 0.05) is 22.7 Å². The lowest BCUT2D eigenvalue weighted by Gasteiger charge is -2.46. The van der Waals surface area contributed by atoms with Crippen LogP contribution in [0.2, 0.25) is 5.02 Å². The minimum Gasteiger partial charge on any atom is -0.454 e. The van der Waals surface area contributed by atoms with E-state index in [-0.39, 0.29) is 45.1 Å². The van der Waals surface area contributed by atoms with Crippen LogP contribution in [0.3, 0.4) is 0 Å². The highest BCUT2D eigenvalue weighted by Crippen LogP contribution is 2.33. The number of nitrogens with zero attached hydrogens (tertiary/aromatic N) is 1. The Kier molecular flexibility index (Phi) is 6.07. The predicted octanol–water partition coefficient (Wildman–Crippen LogP) is 5.18. The summed E-state index contributed by atoms with van der Waals surface area (Å²) in [7, 11) is 0. The van der Waals surface area contributed by atoms with Crippen LogP contribution < -0.4 is 15.4 Å². The zero-order valence-corrected chi connectivity index (χ0v) is 18.2. The fourth-order valence-electron chi connectivity index (χ4n) is 4.21. The summed E-state index contributed by atoms with van der Waals surface area (Å²) in [4.78, 5) is 12.8. The summed E-state index contributed by atoms with van der Waals surface area (Å²) < 4.78 is 19.0. The third-order valence-electron chi connectivity index (χ3n) is 5.00. The van der Waals surface area contributed by atoms with Crippen molar-refractivity contribution in [2.24, 2.45) is 0 Å². The van der Waals surface area contributed by atoms with Gasteiger partial charge in [0.25, 0.3) is 5.91 Å². The first kappa shape index (κ1) is 22.1. The second-order valence-corrected chi connectivity index (χ2v) is 9.38. The molecule has 0 aliphatic carbocycles. The van der Waals surface area contributed by atoms with E-state index in [4.69, 9.17) is 21.6 Å². The number of hydrogen-bond acceptors (Lipinski definition) is 4. The monoisotopic (exact) mass is 429 g/mol. The van der Waals surface area contributed by atoms with E-state index >= 15 is 0 Å². The van der Waals surface area contributed by atoms with Crippen LogP contribution in [0, 0.1) is 17.1 Å². The van der Waals surface area contributed by atoms with E-state index in [1.165, 1.54) is 18.2 Å². The van der Waals surface area contributed by atoms with Crippen LogP contribution in [0.15, 0.2) is 36.4 Å². The predicted molar refractivity (Wildman–Crippen MR) is 114 cm³/mol. The Bertz CT molecular complexity index is 998. The van der Waals surface area contributed by atoms with E-state index in [2.05, 4.69) is 38.3 Å². The van der Waals surface area contributed by atoms with Crippen LogP contribution in [-0.4, -0.2) is 23.0 Å². The third-order valence-corrected chi connectivity index (χ3v) is 5.30. The Hall–Kier alpha value is -2.62. The Labute approximate surface area is 181 Å². The molecule has 0 atom stereocenters. The highest BCUT2D eigenvalue weighted by atomic mass is 35.5. The summed E-state index contributed by atoms with van der Waals surface area (Å²) in [6.45, 7) is 8.50. The second kappa shape index (κ2) is 8.25. The van der Waals surface area contributed by atoms with Gasteiger partial charge in [-0.25, -0.2) is 4.39 Å². The number of benzene rings is 2. The van der Waals surface area contributed by atoms with Crippen LogP contribution in [0.25, 0.3) is 0 Å². The molecule has 0 unspecified atom stereocenters. The van der Waals surface area contributed by atoms with Crippen LogP contribution in [0.4, 0.5) is 4.39 Å². The first-order chi connectivity index (χ1) is 14.0. The lowest BCUT2D eigenvalue weighted by Crippen LogP contribution is -2.62. The molecule has 3 rings (SSSR count). The first-order valence-corrected chi connectivity index (χ1v) is 10.1. The SMILES string of the molecule is CC1(C)CC(NC(=O)c2ccc(Oc3ccc(F)cc3C#N)c(Cl)c2)CC(C)(C)N1. The number of piperidine rings is 1. The molecule has 1 aliphatic heterocycles. The molecule has 2 N–H and O–H groups in total. The molecular weight excluding hydrogens is 405 g/mol. The second-order valence-electron chi connectivity index (χ2n) is 8.97. The molecule has 1 saturated heterocycles. The van der Waals surface area contributed by atoms with Gasteiger partial charge in [0.1, 0.15) is 23.4 Å². The normalized spacial score (nSPS) is 17.8. The fraction of sp³-hybridized carbons (Fsp3) is 0.391. The Morgan fingerprint density at radius 1 is 1.17 bits per heavy atom. The van der Waals surface area contributed by atoms with E-state index in [0.717, 1.165) is 18.9 Å². The molecule has 0 saturated carbocycles.